The fraction of sp³-hybridized carbons (Fsp3) is 0.286. The zero-order chi connectivity index (χ0) is 13.0. The lowest BCUT2D eigenvalue weighted by Crippen LogP contribution is -2.06. The Hall–Kier alpha value is -2.10. The molecule has 0 saturated heterocycles. The predicted octanol–water partition coefficient (Wildman–Crippen LogP) is 1.78. The number of methoxy groups -OCH3 is 1. The second kappa shape index (κ2) is 5.49. The molecule has 0 amide bonds. The van der Waals surface area contributed by atoms with Crippen LogP contribution in [0.25, 0.3) is 0 Å². The molecular formula is C14H16N2O2. The largest absolute Gasteiger partial charge is 0.497 e. The molecule has 2 aromatic rings. The van der Waals surface area contributed by atoms with Gasteiger partial charge in [-0.25, -0.2) is 0 Å². The Balaban J connectivity index is 1.94. The fourth-order valence-corrected chi connectivity index (χ4v) is 1.82. The van der Waals surface area contributed by atoms with Crippen molar-refractivity contribution in [1.82, 2.24) is 9.78 Å². The van der Waals surface area contributed by atoms with Crippen LogP contribution in [0.2, 0.25) is 0 Å². The molecule has 0 unspecified atom stereocenters. The maximum atomic E-state index is 11.9. The molecular weight excluding hydrogens is 228 g/mol. The van der Waals surface area contributed by atoms with Crippen molar-refractivity contribution in [2.75, 3.05) is 7.11 Å². The summed E-state index contributed by atoms with van der Waals surface area (Å²) < 4.78 is 6.78. The van der Waals surface area contributed by atoms with Gasteiger partial charge < -0.3 is 4.74 Å². The van der Waals surface area contributed by atoms with E-state index in [-0.39, 0.29) is 5.78 Å². The Kier molecular flexibility index (Phi) is 3.77. The van der Waals surface area contributed by atoms with Gasteiger partial charge >= 0.3 is 0 Å². The highest BCUT2D eigenvalue weighted by atomic mass is 16.5. The van der Waals surface area contributed by atoms with E-state index in [1.165, 1.54) is 0 Å². The van der Waals surface area contributed by atoms with E-state index < -0.39 is 0 Å². The SMILES string of the molecule is COc1ccc(CC(=O)Cc2cnn(C)c2)cc1. The van der Waals surface area contributed by atoms with E-state index in [0.717, 1.165) is 16.9 Å². The number of benzene rings is 1. The van der Waals surface area contributed by atoms with Crippen molar-refractivity contribution in [1.29, 1.82) is 0 Å². The third-order valence-corrected chi connectivity index (χ3v) is 2.72. The zero-order valence-electron chi connectivity index (χ0n) is 10.6. The Morgan fingerprint density at radius 1 is 1.22 bits per heavy atom. The maximum absolute atomic E-state index is 11.9. The molecule has 0 aliphatic rings. The summed E-state index contributed by atoms with van der Waals surface area (Å²) in [5, 5.41) is 4.05. The number of rotatable bonds is 5. The topological polar surface area (TPSA) is 44.1 Å². The number of nitrogens with zero attached hydrogens (tertiary/aromatic N) is 2. The first-order valence-corrected chi connectivity index (χ1v) is 5.79. The molecule has 94 valence electrons. The normalized spacial score (nSPS) is 10.3. The summed E-state index contributed by atoms with van der Waals surface area (Å²) in [6, 6.07) is 7.57. The minimum atomic E-state index is 0.188. The quantitative estimate of drug-likeness (QED) is 0.805. The number of carbonyl (C=O) groups is 1. The summed E-state index contributed by atoms with van der Waals surface area (Å²) in [4.78, 5) is 11.9. The van der Waals surface area contributed by atoms with Gasteiger partial charge in [0.05, 0.1) is 13.3 Å². The fourth-order valence-electron chi connectivity index (χ4n) is 1.82. The molecule has 0 N–H and O–H groups in total. The molecule has 1 heterocycles. The second-order valence-electron chi connectivity index (χ2n) is 4.26. The smallest absolute Gasteiger partial charge is 0.141 e. The van der Waals surface area contributed by atoms with Crippen LogP contribution in [0.1, 0.15) is 11.1 Å². The highest BCUT2D eigenvalue weighted by Crippen LogP contribution is 2.12. The Bertz CT molecular complexity index is 529. The van der Waals surface area contributed by atoms with Gasteiger partial charge in [-0.15, -0.1) is 0 Å². The summed E-state index contributed by atoms with van der Waals surface area (Å²) in [6.45, 7) is 0. The first-order chi connectivity index (χ1) is 8.67. The maximum Gasteiger partial charge on any atom is 0.141 e. The average molecular weight is 244 g/mol. The Morgan fingerprint density at radius 2 is 1.89 bits per heavy atom. The monoisotopic (exact) mass is 244 g/mol. The van der Waals surface area contributed by atoms with Gasteiger partial charge in [0, 0.05) is 26.1 Å². The molecule has 0 saturated carbocycles. The van der Waals surface area contributed by atoms with E-state index in [0.29, 0.717) is 12.8 Å². The predicted molar refractivity (Wildman–Crippen MR) is 68.6 cm³/mol. The van der Waals surface area contributed by atoms with Crippen molar-refractivity contribution < 1.29 is 9.53 Å². The molecule has 0 bridgehead atoms. The van der Waals surface area contributed by atoms with Gasteiger partial charge in [-0.1, -0.05) is 12.1 Å². The highest BCUT2D eigenvalue weighted by molar-refractivity contribution is 5.83. The van der Waals surface area contributed by atoms with Crippen LogP contribution in [0.3, 0.4) is 0 Å². The first kappa shape index (κ1) is 12.4. The minimum Gasteiger partial charge on any atom is -0.497 e. The summed E-state index contributed by atoms with van der Waals surface area (Å²) >= 11 is 0. The standard InChI is InChI=1S/C14H16N2O2/c1-16-10-12(9-15-16)8-13(17)7-11-3-5-14(18-2)6-4-11/h3-6,9-10H,7-8H2,1-2H3. The molecule has 18 heavy (non-hydrogen) atoms. The Labute approximate surface area is 106 Å². The highest BCUT2D eigenvalue weighted by Gasteiger charge is 2.06. The molecule has 0 radical (unpaired) electrons. The van der Waals surface area contributed by atoms with Crippen LogP contribution < -0.4 is 4.74 Å². The minimum absolute atomic E-state index is 0.188. The number of hydrogen-bond acceptors (Lipinski definition) is 3. The number of ether oxygens (including phenoxy) is 1. The van der Waals surface area contributed by atoms with Crippen LogP contribution in [-0.4, -0.2) is 22.7 Å². The summed E-state index contributed by atoms with van der Waals surface area (Å²) in [6.07, 6.45) is 4.47. The van der Waals surface area contributed by atoms with E-state index in [1.54, 1.807) is 18.0 Å². The van der Waals surface area contributed by atoms with Crippen molar-refractivity contribution in [3.8, 4) is 5.75 Å². The molecule has 0 fully saturated rings. The van der Waals surface area contributed by atoms with Gasteiger partial charge in [0.25, 0.3) is 0 Å². The Morgan fingerprint density at radius 3 is 2.44 bits per heavy atom. The van der Waals surface area contributed by atoms with Crippen molar-refractivity contribution in [3.63, 3.8) is 0 Å². The summed E-state index contributed by atoms with van der Waals surface area (Å²) in [5.41, 5.74) is 1.96. The van der Waals surface area contributed by atoms with Crippen molar-refractivity contribution in [2.45, 2.75) is 12.8 Å². The molecule has 0 atom stereocenters. The van der Waals surface area contributed by atoms with E-state index in [9.17, 15) is 4.79 Å². The van der Waals surface area contributed by atoms with Gasteiger partial charge in [-0.05, 0) is 23.3 Å². The summed E-state index contributed by atoms with van der Waals surface area (Å²) in [7, 11) is 3.47. The summed E-state index contributed by atoms with van der Waals surface area (Å²) in [5.74, 6) is 0.992. The molecule has 4 heteroatoms. The molecule has 4 nitrogen and oxygen atoms in total. The number of aromatic nitrogens is 2. The van der Waals surface area contributed by atoms with Gasteiger partial charge in [-0.2, -0.15) is 5.10 Å². The van der Waals surface area contributed by atoms with Crippen molar-refractivity contribution >= 4 is 5.78 Å². The van der Waals surface area contributed by atoms with Crippen molar-refractivity contribution in [3.05, 3.63) is 47.8 Å². The lowest BCUT2D eigenvalue weighted by atomic mass is 10.0. The van der Waals surface area contributed by atoms with Crippen LogP contribution in [0, 0.1) is 0 Å². The number of hydrogen-bond donors (Lipinski definition) is 0. The lowest BCUT2D eigenvalue weighted by Gasteiger charge is -2.02. The third kappa shape index (κ3) is 3.20. The van der Waals surface area contributed by atoms with Crippen LogP contribution in [-0.2, 0) is 24.7 Å². The molecule has 1 aromatic carbocycles. The van der Waals surface area contributed by atoms with Gasteiger partial charge in [0.2, 0.25) is 0 Å². The third-order valence-electron chi connectivity index (χ3n) is 2.72. The van der Waals surface area contributed by atoms with E-state index >= 15 is 0 Å². The average Bonchev–Trinajstić information content (AvgIpc) is 2.75. The molecule has 0 aliphatic carbocycles. The first-order valence-electron chi connectivity index (χ1n) is 5.79. The molecule has 2 rings (SSSR count). The van der Waals surface area contributed by atoms with Crippen molar-refractivity contribution in [2.24, 2.45) is 7.05 Å². The molecule has 1 aromatic heterocycles. The number of ketones is 1. The van der Waals surface area contributed by atoms with Crippen LogP contribution >= 0.6 is 0 Å². The second-order valence-corrected chi connectivity index (χ2v) is 4.26. The van der Waals surface area contributed by atoms with Gasteiger partial charge in [0.1, 0.15) is 11.5 Å². The molecule has 0 spiro atoms. The number of carbonyl (C=O) groups excluding carboxylic acids is 1. The lowest BCUT2D eigenvalue weighted by molar-refractivity contribution is -0.117. The van der Waals surface area contributed by atoms with Crippen LogP contribution in [0.15, 0.2) is 36.7 Å². The van der Waals surface area contributed by atoms with Crippen LogP contribution in [0.4, 0.5) is 0 Å². The zero-order valence-corrected chi connectivity index (χ0v) is 10.6. The number of Topliss-reactive ketones (excluding diaryl/α,β-unsaturated/α-hetero) is 1. The van der Waals surface area contributed by atoms with Gasteiger partial charge in [-0.3, -0.25) is 9.48 Å². The van der Waals surface area contributed by atoms with E-state index in [2.05, 4.69) is 5.10 Å². The van der Waals surface area contributed by atoms with Gasteiger partial charge in [0.15, 0.2) is 0 Å². The molecule has 0 aliphatic heterocycles. The van der Waals surface area contributed by atoms with Crippen LogP contribution in [0.5, 0.6) is 5.75 Å². The van der Waals surface area contributed by atoms with E-state index in [4.69, 9.17) is 4.74 Å². The number of aryl methyl sites for hydroxylation is 1. The van der Waals surface area contributed by atoms with E-state index in [1.807, 2.05) is 37.5 Å².